The first kappa shape index (κ1) is 28.6. The van der Waals surface area contributed by atoms with Gasteiger partial charge in [-0.1, -0.05) is 24.6 Å². The highest BCUT2D eigenvalue weighted by molar-refractivity contribution is 7.93. The van der Waals surface area contributed by atoms with E-state index in [1.807, 2.05) is 13.8 Å². The molecule has 2 aromatic heterocycles. The third kappa shape index (κ3) is 6.47. The quantitative estimate of drug-likeness (QED) is 0.333. The fourth-order valence-corrected chi connectivity index (χ4v) is 4.69. The maximum Gasteiger partial charge on any atom is 0.243 e. The Hall–Kier alpha value is -3.00. The van der Waals surface area contributed by atoms with E-state index in [0.29, 0.717) is 28.0 Å². The number of ether oxygens (including phenoxy) is 4. The number of nitrogens with zero attached hydrogens (tertiary/aromatic N) is 5. The monoisotopic (exact) mass is 554 g/mol. The average Bonchev–Trinajstić information content (AvgIpc) is 3.28. The topological polar surface area (TPSA) is 140 Å². The molecular weight excluding hydrogens is 524 g/mol. The predicted octanol–water partition coefficient (Wildman–Crippen LogP) is 3.56. The molecule has 3 atom stereocenters. The van der Waals surface area contributed by atoms with Gasteiger partial charge in [0, 0.05) is 19.5 Å². The first-order valence-corrected chi connectivity index (χ1v) is 13.4. The number of hydrogen-bond acceptors (Lipinski definition) is 10. The molecule has 202 valence electrons. The maximum atomic E-state index is 13.5. The summed E-state index contributed by atoms with van der Waals surface area (Å²) in [6.07, 6.45) is 2.49. The van der Waals surface area contributed by atoms with Gasteiger partial charge in [0.05, 0.1) is 25.3 Å². The molecule has 0 amide bonds. The third-order valence-corrected chi connectivity index (χ3v) is 7.61. The Morgan fingerprint density at radius 3 is 2.22 bits per heavy atom. The first-order chi connectivity index (χ1) is 17.7. The van der Waals surface area contributed by atoms with Crippen molar-refractivity contribution in [2.75, 3.05) is 26.1 Å². The SMILES string of the molecule is CCC(C)OCc1nnc(NS(=O)(=O)C(C)C(OC)c2ncc(Cl)cn2)n1-c1c(OC)cccc1OC. The van der Waals surface area contributed by atoms with Crippen LogP contribution >= 0.6 is 11.6 Å². The first-order valence-electron chi connectivity index (χ1n) is 11.5. The van der Waals surface area contributed by atoms with Crippen molar-refractivity contribution in [3.8, 4) is 17.2 Å². The molecule has 3 aromatic rings. The largest absolute Gasteiger partial charge is 0.494 e. The summed E-state index contributed by atoms with van der Waals surface area (Å²) in [5, 5.41) is 7.53. The van der Waals surface area contributed by atoms with E-state index in [-0.39, 0.29) is 24.5 Å². The zero-order valence-electron chi connectivity index (χ0n) is 21.5. The zero-order valence-corrected chi connectivity index (χ0v) is 23.1. The predicted molar refractivity (Wildman–Crippen MR) is 138 cm³/mol. The van der Waals surface area contributed by atoms with E-state index in [4.69, 9.17) is 30.5 Å². The second-order valence-electron chi connectivity index (χ2n) is 8.08. The number of aromatic nitrogens is 5. The summed E-state index contributed by atoms with van der Waals surface area (Å²) in [6, 6.07) is 5.19. The van der Waals surface area contributed by atoms with Gasteiger partial charge in [-0.2, -0.15) is 0 Å². The molecule has 2 heterocycles. The molecule has 0 aliphatic rings. The van der Waals surface area contributed by atoms with Gasteiger partial charge in [0.1, 0.15) is 35.1 Å². The van der Waals surface area contributed by atoms with Crippen LogP contribution in [-0.4, -0.2) is 65.8 Å². The second kappa shape index (κ2) is 12.5. The highest BCUT2D eigenvalue weighted by Crippen LogP contribution is 2.36. The van der Waals surface area contributed by atoms with Crippen LogP contribution < -0.4 is 14.2 Å². The van der Waals surface area contributed by atoms with Gasteiger partial charge in [0.15, 0.2) is 11.6 Å². The van der Waals surface area contributed by atoms with Crippen molar-refractivity contribution in [2.45, 2.75) is 51.3 Å². The number of benzene rings is 1. The van der Waals surface area contributed by atoms with Crippen LogP contribution in [0.5, 0.6) is 11.5 Å². The fourth-order valence-electron chi connectivity index (χ4n) is 3.46. The summed E-state index contributed by atoms with van der Waals surface area (Å²) < 4.78 is 53.5. The summed E-state index contributed by atoms with van der Waals surface area (Å²) in [7, 11) is 0.266. The molecule has 0 spiro atoms. The number of rotatable bonds is 13. The third-order valence-electron chi connectivity index (χ3n) is 5.73. The lowest BCUT2D eigenvalue weighted by Crippen LogP contribution is -2.33. The van der Waals surface area contributed by atoms with Gasteiger partial charge in [-0.05, 0) is 32.4 Å². The van der Waals surface area contributed by atoms with Crippen LogP contribution in [0.4, 0.5) is 5.95 Å². The smallest absolute Gasteiger partial charge is 0.243 e. The Labute approximate surface area is 221 Å². The minimum Gasteiger partial charge on any atom is -0.494 e. The summed E-state index contributed by atoms with van der Waals surface area (Å²) >= 11 is 5.87. The van der Waals surface area contributed by atoms with Crippen LogP contribution in [0, 0.1) is 0 Å². The molecule has 14 heteroatoms. The van der Waals surface area contributed by atoms with Gasteiger partial charge in [0.25, 0.3) is 0 Å². The van der Waals surface area contributed by atoms with Crippen LogP contribution in [0.2, 0.25) is 5.02 Å². The van der Waals surface area contributed by atoms with Crippen molar-refractivity contribution < 1.29 is 27.4 Å². The van der Waals surface area contributed by atoms with Crippen molar-refractivity contribution >= 4 is 27.6 Å². The van der Waals surface area contributed by atoms with Crippen LogP contribution in [-0.2, 0) is 26.1 Å². The lowest BCUT2D eigenvalue weighted by atomic mass is 10.2. The van der Waals surface area contributed by atoms with Crippen LogP contribution in [0.25, 0.3) is 5.69 Å². The molecule has 0 saturated carbocycles. The van der Waals surface area contributed by atoms with E-state index in [1.165, 1.54) is 45.2 Å². The van der Waals surface area contributed by atoms with Gasteiger partial charge in [0.2, 0.25) is 16.0 Å². The Morgan fingerprint density at radius 2 is 1.68 bits per heavy atom. The minimum atomic E-state index is -4.11. The number of hydrogen-bond donors (Lipinski definition) is 1. The van der Waals surface area contributed by atoms with Gasteiger partial charge in [-0.25, -0.2) is 18.4 Å². The molecule has 0 radical (unpaired) electrons. The van der Waals surface area contributed by atoms with E-state index in [1.54, 1.807) is 18.2 Å². The molecule has 1 aromatic carbocycles. The average molecular weight is 555 g/mol. The van der Waals surface area contributed by atoms with Crippen LogP contribution in [0.15, 0.2) is 30.6 Å². The molecule has 0 aliphatic carbocycles. The van der Waals surface area contributed by atoms with Crippen molar-refractivity contribution in [3.63, 3.8) is 0 Å². The van der Waals surface area contributed by atoms with Crippen molar-refractivity contribution in [1.82, 2.24) is 24.7 Å². The molecule has 0 fully saturated rings. The molecule has 0 aliphatic heterocycles. The van der Waals surface area contributed by atoms with E-state index in [2.05, 4.69) is 24.9 Å². The number of para-hydroxylation sites is 1. The number of methoxy groups -OCH3 is 3. The number of sulfonamides is 1. The van der Waals surface area contributed by atoms with E-state index in [9.17, 15) is 8.42 Å². The summed E-state index contributed by atoms with van der Waals surface area (Å²) in [5.74, 6) is 1.27. The molecule has 12 nitrogen and oxygen atoms in total. The normalized spacial score (nSPS) is 14.1. The molecule has 0 saturated heterocycles. The highest BCUT2D eigenvalue weighted by atomic mass is 35.5. The van der Waals surface area contributed by atoms with Crippen molar-refractivity contribution in [3.05, 3.63) is 47.3 Å². The highest BCUT2D eigenvalue weighted by Gasteiger charge is 2.35. The summed E-state index contributed by atoms with van der Waals surface area (Å²) in [5.41, 5.74) is 0.412. The maximum absolute atomic E-state index is 13.5. The Balaban J connectivity index is 2.06. The van der Waals surface area contributed by atoms with Crippen LogP contribution in [0.3, 0.4) is 0 Å². The number of anilines is 1. The Morgan fingerprint density at radius 1 is 1.05 bits per heavy atom. The molecule has 37 heavy (non-hydrogen) atoms. The lowest BCUT2D eigenvalue weighted by molar-refractivity contribution is 0.0459. The van der Waals surface area contributed by atoms with Crippen LogP contribution in [0.1, 0.15) is 44.9 Å². The van der Waals surface area contributed by atoms with Gasteiger partial charge in [-0.15, -0.1) is 10.2 Å². The van der Waals surface area contributed by atoms with Gasteiger partial charge < -0.3 is 18.9 Å². The van der Waals surface area contributed by atoms with Gasteiger partial charge in [-0.3, -0.25) is 9.29 Å². The number of nitrogens with one attached hydrogen (secondary N) is 1. The summed E-state index contributed by atoms with van der Waals surface area (Å²) in [6.45, 7) is 5.47. The van der Waals surface area contributed by atoms with Crippen molar-refractivity contribution in [1.29, 1.82) is 0 Å². The Bertz CT molecular complexity index is 1270. The summed E-state index contributed by atoms with van der Waals surface area (Å²) in [4.78, 5) is 8.22. The van der Waals surface area contributed by atoms with E-state index in [0.717, 1.165) is 6.42 Å². The molecule has 3 unspecified atom stereocenters. The number of halogens is 1. The van der Waals surface area contributed by atoms with E-state index >= 15 is 0 Å². The molecule has 3 rings (SSSR count). The molecular formula is C23H31ClN6O6S. The molecule has 0 bridgehead atoms. The second-order valence-corrected chi connectivity index (χ2v) is 10.6. The van der Waals surface area contributed by atoms with Gasteiger partial charge >= 0.3 is 0 Å². The fraction of sp³-hybridized carbons (Fsp3) is 0.478. The lowest BCUT2D eigenvalue weighted by Gasteiger charge is -2.23. The van der Waals surface area contributed by atoms with Crippen molar-refractivity contribution in [2.24, 2.45) is 0 Å². The zero-order chi connectivity index (χ0) is 27.2. The standard InChI is InChI=1S/C23H31ClN6O6S/c1-7-14(2)36-13-19-27-28-23(30(19)20-17(33-4)9-8-10-18(20)34-5)29-37(31,32)15(3)21(35-6)22-25-11-16(24)12-26-22/h8-12,14-15,21H,7,13H2,1-6H3,(H,28,29). The minimum absolute atomic E-state index is 0.0493. The molecule has 1 N–H and O–H groups in total. The van der Waals surface area contributed by atoms with E-state index < -0.39 is 21.4 Å². The Kier molecular flexibility index (Phi) is 9.65.